The highest BCUT2D eigenvalue weighted by Crippen LogP contribution is 2.23. The Morgan fingerprint density at radius 1 is 1.40 bits per heavy atom. The topological polar surface area (TPSA) is 62.0 Å². The van der Waals surface area contributed by atoms with Crippen LogP contribution in [0.25, 0.3) is 10.9 Å². The van der Waals surface area contributed by atoms with Crippen molar-refractivity contribution in [1.82, 2.24) is 9.71 Å². The zero-order valence-corrected chi connectivity index (χ0v) is 10.9. The molecule has 0 fully saturated rings. The minimum atomic E-state index is -3.35. The number of aromatic amines is 1. The van der Waals surface area contributed by atoms with Gasteiger partial charge in [-0.15, -0.1) is 0 Å². The summed E-state index contributed by atoms with van der Waals surface area (Å²) < 4.78 is 26.4. The van der Waals surface area contributed by atoms with Gasteiger partial charge in [0, 0.05) is 20.7 Å². The number of hydrogen-bond donors (Lipinski definition) is 2. The van der Waals surface area contributed by atoms with Crippen molar-refractivity contribution < 1.29 is 8.42 Å². The number of benzene rings is 1. The first-order valence-electron chi connectivity index (χ1n) is 4.25. The van der Waals surface area contributed by atoms with Crippen LogP contribution in [0.2, 0.25) is 0 Å². The van der Waals surface area contributed by atoms with Crippen LogP contribution in [0.4, 0.5) is 0 Å². The van der Waals surface area contributed by atoms with E-state index in [2.05, 4.69) is 32.3 Å². The second-order valence-electron chi connectivity index (χ2n) is 3.05. The van der Waals surface area contributed by atoms with E-state index in [9.17, 15) is 8.42 Å². The number of rotatable bonds is 2. The van der Waals surface area contributed by atoms with Crippen molar-refractivity contribution in [2.45, 2.75) is 4.90 Å². The van der Waals surface area contributed by atoms with Gasteiger partial charge in [0.15, 0.2) is 0 Å². The van der Waals surface area contributed by atoms with Gasteiger partial charge in [-0.2, -0.15) is 0 Å². The molecule has 0 amide bonds. The SMILES string of the molecule is CNS(=O)(=O)c1ccc2[nH]cc(I)c2c1. The fourth-order valence-corrected chi connectivity index (χ4v) is 2.71. The van der Waals surface area contributed by atoms with Crippen molar-refractivity contribution in [3.05, 3.63) is 28.0 Å². The molecule has 1 aromatic carbocycles. The summed E-state index contributed by atoms with van der Waals surface area (Å²) in [6.45, 7) is 0. The van der Waals surface area contributed by atoms with Crippen molar-refractivity contribution in [2.75, 3.05) is 7.05 Å². The molecule has 0 saturated heterocycles. The lowest BCUT2D eigenvalue weighted by Gasteiger charge is -2.02. The van der Waals surface area contributed by atoms with Crippen molar-refractivity contribution >= 4 is 43.5 Å². The zero-order chi connectivity index (χ0) is 11.1. The van der Waals surface area contributed by atoms with E-state index in [1.165, 1.54) is 7.05 Å². The van der Waals surface area contributed by atoms with Crippen molar-refractivity contribution in [2.24, 2.45) is 0 Å². The van der Waals surface area contributed by atoms with E-state index < -0.39 is 10.0 Å². The van der Waals surface area contributed by atoms with Gasteiger partial charge in [-0.1, -0.05) is 0 Å². The number of H-pyrrole nitrogens is 1. The third kappa shape index (κ3) is 1.88. The maximum absolute atomic E-state index is 11.6. The first-order chi connectivity index (χ1) is 7.04. The van der Waals surface area contributed by atoms with Crippen LogP contribution < -0.4 is 4.72 Å². The summed E-state index contributed by atoms with van der Waals surface area (Å²) in [6.07, 6.45) is 1.85. The van der Waals surface area contributed by atoms with Crippen molar-refractivity contribution in [3.8, 4) is 0 Å². The number of sulfonamides is 1. The monoisotopic (exact) mass is 336 g/mol. The van der Waals surface area contributed by atoms with Crippen LogP contribution in [0.5, 0.6) is 0 Å². The molecular formula is C9H9IN2O2S. The molecule has 80 valence electrons. The quantitative estimate of drug-likeness (QED) is 0.820. The minimum absolute atomic E-state index is 0.287. The largest absolute Gasteiger partial charge is 0.360 e. The predicted molar refractivity (Wildman–Crippen MR) is 67.3 cm³/mol. The molecule has 0 saturated carbocycles. The Hall–Kier alpha value is -0.600. The van der Waals surface area contributed by atoms with Crippen LogP contribution in [-0.4, -0.2) is 20.4 Å². The van der Waals surface area contributed by atoms with Crippen LogP contribution in [0.1, 0.15) is 0 Å². The molecule has 0 bridgehead atoms. The first kappa shape index (κ1) is 10.9. The van der Waals surface area contributed by atoms with Crippen LogP contribution in [0.15, 0.2) is 29.3 Å². The second-order valence-corrected chi connectivity index (χ2v) is 6.10. The maximum Gasteiger partial charge on any atom is 0.240 e. The molecular weight excluding hydrogens is 327 g/mol. The number of halogens is 1. The Morgan fingerprint density at radius 3 is 2.80 bits per heavy atom. The summed E-state index contributed by atoms with van der Waals surface area (Å²) in [7, 11) is -1.95. The molecule has 0 radical (unpaired) electrons. The molecule has 0 aliphatic carbocycles. The fraction of sp³-hybridized carbons (Fsp3) is 0.111. The first-order valence-corrected chi connectivity index (χ1v) is 6.81. The Kier molecular flexibility index (Phi) is 2.73. The third-order valence-corrected chi connectivity index (χ3v) is 4.49. The molecule has 0 spiro atoms. The van der Waals surface area contributed by atoms with E-state index in [0.717, 1.165) is 14.5 Å². The third-order valence-electron chi connectivity index (χ3n) is 2.18. The molecule has 1 aromatic heterocycles. The maximum atomic E-state index is 11.6. The molecule has 6 heteroatoms. The lowest BCUT2D eigenvalue weighted by molar-refractivity contribution is 0.588. The molecule has 2 N–H and O–H groups in total. The number of hydrogen-bond acceptors (Lipinski definition) is 2. The van der Waals surface area contributed by atoms with Gasteiger partial charge in [0.25, 0.3) is 0 Å². The average Bonchev–Trinajstić information content (AvgIpc) is 2.60. The summed E-state index contributed by atoms with van der Waals surface area (Å²) in [6, 6.07) is 5.02. The van der Waals surface area contributed by atoms with Gasteiger partial charge < -0.3 is 4.98 Å². The highest BCUT2D eigenvalue weighted by molar-refractivity contribution is 14.1. The Morgan fingerprint density at radius 2 is 2.13 bits per heavy atom. The predicted octanol–water partition coefficient (Wildman–Crippen LogP) is 1.68. The van der Waals surface area contributed by atoms with Crippen LogP contribution >= 0.6 is 22.6 Å². The van der Waals surface area contributed by atoms with Crippen molar-refractivity contribution in [3.63, 3.8) is 0 Å². The van der Waals surface area contributed by atoms with E-state index in [1.54, 1.807) is 18.2 Å². The summed E-state index contributed by atoms with van der Waals surface area (Å²) in [4.78, 5) is 3.35. The normalized spacial score (nSPS) is 12.1. The molecule has 0 unspecified atom stereocenters. The lowest BCUT2D eigenvalue weighted by atomic mass is 10.2. The second kappa shape index (κ2) is 3.76. The number of nitrogens with one attached hydrogen (secondary N) is 2. The Balaban J connectivity index is 2.70. The van der Waals surface area contributed by atoms with Gasteiger partial charge >= 0.3 is 0 Å². The summed E-state index contributed by atoms with van der Waals surface area (Å²) in [5.41, 5.74) is 0.939. The van der Waals surface area contributed by atoms with E-state index in [0.29, 0.717) is 0 Å². The molecule has 0 aliphatic heterocycles. The highest BCUT2D eigenvalue weighted by Gasteiger charge is 2.12. The lowest BCUT2D eigenvalue weighted by Crippen LogP contribution is -2.18. The van der Waals surface area contributed by atoms with Gasteiger partial charge in [-0.25, -0.2) is 13.1 Å². The Labute approximate surface area is 101 Å². The molecule has 2 rings (SSSR count). The van der Waals surface area contributed by atoms with Gasteiger partial charge in [-0.3, -0.25) is 0 Å². The van der Waals surface area contributed by atoms with Gasteiger partial charge in [0.1, 0.15) is 0 Å². The minimum Gasteiger partial charge on any atom is -0.360 e. The zero-order valence-electron chi connectivity index (χ0n) is 7.91. The number of aromatic nitrogens is 1. The summed E-state index contributed by atoms with van der Waals surface area (Å²) >= 11 is 2.16. The van der Waals surface area contributed by atoms with E-state index in [1.807, 2.05) is 6.20 Å². The molecule has 4 nitrogen and oxygen atoms in total. The average molecular weight is 336 g/mol. The standard InChI is InChI=1S/C9H9IN2O2S/c1-11-15(13,14)6-2-3-9-7(4-6)8(10)5-12-9/h2-5,11-12H,1H3. The highest BCUT2D eigenvalue weighted by atomic mass is 127. The van der Waals surface area contributed by atoms with E-state index in [4.69, 9.17) is 0 Å². The van der Waals surface area contributed by atoms with E-state index in [-0.39, 0.29) is 4.90 Å². The van der Waals surface area contributed by atoms with E-state index >= 15 is 0 Å². The summed E-state index contributed by atoms with van der Waals surface area (Å²) in [5, 5.41) is 0.923. The molecule has 2 aromatic rings. The molecule has 15 heavy (non-hydrogen) atoms. The molecule has 0 aliphatic rings. The smallest absolute Gasteiger partial charge is 0.240 e. The van der Waals surface area contributed by atoms with Gasteiger partial charge in [-0.05, 0) is 47.8 Å². The van der Waals surface area contributed by atoms with Crippen LogP contribution in [-0.2, 0) is 10.0 Å². The van der Waals surface area contributed by atoms with Crippen LogP contribution in [0, 0.1) is 3.57 Å². The fourth-order valence-electron chi connectivity index (χ4n) is 1.35. The summed E-state index contributed by atoms with van der Waals surface area (Å²) in [5.74, 6) is 0. The molecule has 0 atom stereocenters. The van der Waals surface area contributed by atoms with Gasteiger partial charge in [0.2, 0.25) is 10.0 Å². The van der Waals surface area contributed by atoms with Gasteiger partial charge in [0.05, 0.1) is 4.90 Å². The number of fused-ring (bicyclic) bond motifs is 1. The Bertz CT molecular complexity index is 604. The van der Waals surface area contributed by atoms with Crippen LogP contribution in [0.3, 0.4) is 0 Å². The molecule has 1 heterocycles. The van der Waals surface area contributed by atoms with Crippen molar-refractivity contribution in [1.29, 1.82) is 0 Å².